The van der Waals surface area contributed by atoms with Gasteiger partial charge in [-0.1, -0.05) is 6.07 Å². The minimum Gasteiger partial charge on any atom is -0.394 e. The maximum absolute atomic E-state index is 9.85. The van der Waals surface area contributed by atoms with Crippen LogP contribution in [-0.2, 0) is 0 Å². The zero-order valence-electron chi connectivity index (χ0n) is 9.91. The summed E-state index contributed by atoms with van der Waals surface area (Å²) in [6.45, 7) is 1.30. The van der Waals surface area contributed by atoms with Crippen molar-refractivity contribution in [2.45, 2.75) is 25.2 Å². The number of fused-ring (bicyclic) bond motifs is 1. The third kappa shape index (κ3) is 2.37. The van der Waals surface area contributed by atoms with E-state index >= 15 is 0 Å². The number of hydrogen-bond acceptors (Lipinski definition) is 5. The number of aromatic nitrogens is 2. The van der Waals surface area contributed by atoms with E-state index in [1.165, 1.54) is 0 Å². The van der Waals surface area contributed by atoms with Crippen LogP contribution in [0.5, 0.6) is 0 Å². The lowest BCUT2D eigenvalue weighted by Crippen LogP contribution is -2.35. The zero-order chi connectivity index (χ0) is 13.3. The van der Waals surface area contributed by atoms with Gasteiger partial charge in [-0.2, -0.15) is 0 Å². The van der Waals surface area contributed by atoms with E-state index in [9.17, 15) is 15.3 Å². The Morgan fingerprint density at radius 2 is 2.00 bits per heavy atom. The molecule has 0 aliphatic rings. The van der Waals surface area contributed by atoms with Crippen LogP contribution in [0, 0.1) is 6.92 Å². The van der Waals surface area contributed by atoms with Crippen LogP contribution in [0.4, 0.5) is 0 Å². The average Bonchev–Trinajstić information content (AvgIpc) is 2.78. The lowest BCUT2D eigenvalue weighted by molar-refractivity contribution is -0.0800. The molecule has 98 valence electrons. The summed E-state index contributed by atoms with van der Waals surface area (Å²) in [5.74, 6) is 0.163. The number of nitrogens with one attached hydrogen (secondary N) is 1. The Morgan fingerprint density at radius 3 is 2.67 bits per heavy atom. The lowest BCUT2D eigenvalue weighted by atomic mass is 10.1. The van der Waals surface area contributed by atoms with Gasteiger partial charge in [-0.15, -0.1) is 0 Å². The summed E-state index contributed by atoms with van der Waals surface area (Å²) in [5.41, 5.74) is 2.46. The highest BCUT2D eigenvalue weighted by Crippen LogP contribution is 2.20. The molecule has 0 saturated heterocycles. The number of benzene rings is 1. The van der Waals surface area contributed by atoms with Crippen LogP contribution < -0.4 is 0 Å². The number of rotatable bonds is 4. The first kappa shape index (κ1) is 13.0. The molecule has 1 heterocycles. The Morgan fingerprint density at radius 1 is 1.28 bits per heavy atom. The Bertz CT molecular complexity index is 540. The summed E-state index contributed by atoms with van der Waals surface area (Å²) in [6.07, 6.45) is -4.27. The minimum atomic E-state index is -1.49. The molecule has 2 rings (SSSR count). The van der Waals surface area contributed by atoms with Gasteiger partial charge in [0, 0.05) is 0 Å². The molecule has 5 N–H and O–H groups in total. The molecule has 0 aliphatic heterocycles. The van der Waals surface area contributed by atoms with Gasteiger partial charge in [0.15, 0.2) is 0 Å². The van der Waals surface area contributed by atoms with Crippen LogP contribution in [-0.4, -0.2) is 49.2 Å². The largest absolute Gasteiger partial charge is 0.394 e. The van der Waals surface area contributed by atoms with E-state index in [1.54, 1.807) is 6.07 Å². The predicted molar refractivity (Wildman–Crippen MR) is 64.9 cm³/mol. The molecule has 0 unspecified atom stereocenters. The third-order valence-corrected chi connectivity index (χ3v) is 2.84. The number of imidazole rings is 1. The molecule has 18 heavy (non-hydrogen) atoms. The van der Waals surface area contributed by atoms with Crippen LogP contribution in [0.25, 0.3) is 11.0 Å². The molecule has 0 aliphatic carbocycles. The van der Waals surface area contributed by atoms with Gasteiger partial charge in [0.25, 0.3) is 0 Å². The van der Waals surface area contributed by atoms with Crippen LogP contribution >= 0.6 is 0 Å². The third-order valence-electron chi connectivity index (χ3n) is 2.84. The van der Waals surface area contributed by atoms with Gasteiger partial charge in [-0.25, -0.2) is 4.98 Å². The summed E-state index contributed by atoms with van der Waals surface area (Å²) in [6, 6.07) is 5.55. The first-order valence-electron chi connectivity index (χ1n) is 5.64. The summed E-state index contributed by atoms with van der Waals surface area (Å²) in [7, 11) is 0. The van der Waals surface area contributed by atoms with Crippen LogP contribution in [0.3, 0.4) is 0 Å². The fraction of sp³-hybridized carbons (Fsp3) is 0.417. The van der Waals surface area contributed by atoms with Crippen molar-refractivity contribution in [2.75, 3.05) is 6.61 Å². The SMILES string of the molecule is Cc1ccc2nc([C@@H](O)[C@H](O)[C@@H](O)CO)[nH]c2c1. The van der Waals surface area contributed by atoms with E-state index in [1.807, 2.05) is 19.1 Å². The van der Waals surface area contributed by atoms with Crippen molar-refractivity contribution >= 4 is 11.0 Å². The highest BCUT2D eigenvalue weighted by Gasteiger charge is 2.27. The number of aliphatic hydroxyl groups excluding tert-OH is 4. The quantitative estimate of drug-likeness (QED) is 0.509. The van der Waals surface area contributed by atoms with Gasteiger partial charge in [-0.3, -0.25) is 0 Å². The molecule has 0 saturated carbocycles. The summed E-state index contributed by atoms with van der Waals surface area (Å²) in [4.78, 5) is 7.02. The van der Waals surface area contributed by atoms with Gasteiger partial charge in [0.1, 0.15) is 24.1 Å². The van der Waals surface area contributed by atoms with Crippen LogP contribution in [0.1, 0.15) is 17.5 Å². The maximum atomic E-state index is 9.85. The second-order valence-electron chi connectivity index (χ2n) is 4.33. The van der Waals surface area contributed by atoms with Crippen molar-refractivity contribution in [1.29, 1.82) is 0 Å². The molecule has 1 aromatic heterocycles. The Hall–Kier alpha value is -1.47. The molecule has 6 heteroatoms. The van der Waals surface area contributed by atoms with Gasteiger partial charge in [-0.05, 0) is 24.6 Å². The fourth-order valence-electron chi connectivity index (χ4n) is 1.76. The minimum absolute atomic E-state index is 0.163. The summed E-state index contributed by atoms with van der Waals surface area (Å²) < 4.78 is 0. The molecular weight excluding hydrogens is 236 g/mol. The molecule has 0 radical (unpaired) electrons. The highest BCUT2D eigenvalue weighted by atomic mass is 16.4. The molecule has 0 spiro atoms. The monoisotopic (exact) mass is 252 g/mol. The number of aromatic amines is 1. The van der Waals surface area contributed by atoms with E-state index in [0.29, 0.717) is 5.52 Å². The second-order valence-corrected chi connectivity index (χ2v) is 4.33. The number of aliphatic hydroxyl groups is 4. The summed E-state index contributed by atoms with van der Waals surface area (Å²) in [5, 5.41) is 37.4. The van der Waals surface area contributed by atoms with E-state index in [2.05, 4.69) is 9.97 Å². The van der Waals surface area contributed by atoms with Crippen molar-refractivity contribution in [3.8, 4) is 0 Å². The second kappa shape index (κ2) is 5.03. The molecule has 0 bridgehead atoms. The van der Waals surface area contributed by atoms with E-state index in [4.69, 9.17) is 5.11 Å². The van der Waals surface area contributed by atoms with Crippen molar-refractivity contribution in [1.82, 2.24) is 9.97 Å². The highest BCUT2D eigenvalue weighted by molar-refractivity contribution is 5.75. The lowest BCUT2D eigenvalue weighted by Gasteiger charge is -2.19. The van der Waals surface area contributed by atoms with E-state index in [0.717, 1.165) is 11.1 Å². The number of nitrogens with zero attached hydrogens (tertiary/aromatic N) is 1. The van der Waals surface area contributed by atoms with Gasteiger partial charge < -0.3 is 25.4 Å². The average molecular weight is 252 g/mol. The Kier molecular flexibility index (Phi) is 3.63. The van der Waals surface area contributed by atoms with Crippen molar-refractivity contribution in [3.63, 3.8) is 0 Å². The standard InChI is InChI=1S/C12H16N2O4/c1-6-2-3-7-8(4-6)14-12(13-7)11(18)10(17)9(16)5-15/h2-4,9-11,15-18H,5H2,1H3,(H,13,14)/t9-,10+,11-/m0/s1. The van der Waals surface area contributed by atoms with Crippen LogP contribution in [0.2, 0.25) is 0 Å². The molecule has 2 aromatic rings. The Labute approximate surface area is 104 Å². The number of hydrogen-bond donors (Lipinski definition) is 5. The number of aryl methyl sites for hydroxylation is 1. The van der Waals surface area contributed by atoms with Crippen molar-refractivity contribution < 1.29 is 20.4 Å². The molecule has 0 fully saturated rings. The summed E-state index contributed by atoms with van der Waals surface area (Å²) >= 11 is 0. The molecule has 6 nitrogen and oxygen atoms in total. The maximum Gasteiger partial charge on any atom is 0.140 e. The fourth-order valence-corrected chi connectivity index (χ4v) is 1.76. The topological polar surface area (TPSA) is 110 Å². The number of H-pyrrole nitrogens is 1. The van der Waals surface area contributed by atoms with Crippen molar-refractivity contribution in [3.05, 3.63) is 29.6 Å². The normalized spacial score (nSPS) is 16.7. The Balaban J connectivity index is 2.30. The van der Waals surface area contributed by atoms with E-state index < -0.39 is 24.9 Å². The molecule has 3 atom stereocenters. The van der Waals surface area contributed by atoms with Gasteiger partial charge in [0.05, 0.1) is 17.6 Å². The molecule has 0 amide bonds. The zero-order valence-corrected chi connectivity index (χ0v) is 9.91. The van der Waals surface area contributed by atoms with E-state index in [-0.39, 0.29) is 5.82 Å². The first-order chi connectivity index (χ1) is 8.52. The molecular formula is C12H16N2O4. The predicted octanol–water partition coefficient (Wildman–Crippen LogP) is -0.381. The smallest absolute Gasteiger partial charge is 0.140 e. The first-order valence-corrected chi connectivity index (χ1v) is 5.64. The van der Waals surface area contributed by atoms with Crippen LogP contribution in [0.15, 0.2) is 18.2 Å². The van der Waals surface area contributed by atoms with Gasteiger partial charge in [0.2, 0.25) is 0 Å². The van der Waals surface area contributed by atoms with Crippen molar-refractivity contribution in [2.24, 2.45) is 0 Å². The van der Waals surface area contributed by atoms with Gasteiger partial charge >= 0.3 is 0 Å². The molecule has 1 aromatic carbocycles.